The number of nitrogens with one attached hydrogen (secondary N) is 1. The van der Waals surface area contributed by atoms with Crippen LogP contribution in [0.15, 0.2) is 12.5 Å². The molecule has 0 fully saturated rings. The normalized spacial score (nSPS) is 10.5. The standard InChI is InChI=1S/C10H11ClN6/c1-5-8(11)6(2)17(16-5)10-7(9(12)13)3-14-4-15-10/h3-4H,1-2H3,(H3,12,13). The van der Waals surface area contributed by atoms with Crippen molar-refractivity contribution in [3.63, 3.8) is 0 Å². The van der Waals surface area contributed by atoms with E-state index in [-0.39, 0.29) is 5.84 Å². The van der Waals surface area contributed by atoms with Crippen LogP contribution in [-0.2, 0) is 0 Å². The van der Waals surface area contributed by atoms with E-state index >= 15 is 0 Å². The Bertz CT molecular complexity index is 588. The minimum atomic E-state index is -0.107. The van der Waals surface area contributed by atoms with Crippen LogP contribution in [0.2, 0.25) is 5.02 Å². The molecule has 0 saturated heterocycles. The van der Waals surface area contributed by atoms with Crippen LogP contribution in [0.3, 0.4) is 0 Å². The van der Waals surface area contributed by atoms with Gasteiger partial charge in [0, 0.05) is 6.20 Å². The van der Waals surface area contributed by atoms with E-state index in [1.54, 1.807) is 11.6 Å². The summed E-state index contributed by atoms with van der Waals surface area (Å²) >= 11 is 6.07. The number of aromatic nitrogens is 4. The van der Waals surface area contributed by atoms with Crippen molar-refractivity contribution in [2.24, 2.45) is 5.73 Å². The number of hydrogen-bond donors (Lipinski definition) is 2. The highest BCUT2D eigenvalue weighted by atomic mass is 35.5. The summed E-state index contributed by atoms with van der Waals surface area (Å²) in [5.74, 6) is 0.351. The first kappa shape index (κ1) is 11.5. The molecule has 2 aromatic rings. The summed E-state index contributed by atoms with van der Waals surface area (Å²) in [5.41, 5.74) is 7.36. The Hall–Kier alpha value is -1.95. The molecule has 0 aliphatic carbocycles. The first-order valence-corrected chi connectivity index (χ1v) is 5.26. The van der Waals surface area contributed by atoms with E-state index in [0.717, 1.165) is 5.69 Å². The van der Waals surface area contributed by atoms with Crippen LogP contribution in [0.5, 0.6) is 0 Å². The maximum Gasteiger partial charge on any atom is 0.167 e. The zero-order valence-electron chi connectivity index (χ0n) is 9.40. The topological polar surface area (TPSA) is 93.5 Å². The molecule has 0 aliphatic heterocycles. The summed E-state index contributed by atoms with van der Waals surface area (Å²) in [6, 6.07) is 0. The van der Waals surface area contributed by atoms with E-state index < -0.39 is 0 Å². The highest BCUT2D eigenvalue weighted by Crippen LogP contribution is 2.22. The molecule has 7 heteroatoms. The number of nitrogen functional groups attached to an aromatic ring is 1. The van der Waals surface area contributed by atoms with Gasteiger partial charge in [0.05, 0.1) is 22.0 Å². The highest BCUT2D eigenvalue weighted by molar-refractivity contribution is 6.31. The molecule has 0 bridgehead atoms. The zero-order valence-corrected chi connectivity index (χ0v) is 10.2. The van der Waals surface area contributed by atoms with E-state index in [2.05, 4.69) is 15.1 Å². The van der Waals surface area contributed by atoms with Gasteiger partial charge in [0.25, 0.3) is 0 Å². The molecule has 2 heterocycles. The smallest absolute Gasteiger partial charge is 0.167 e. The molecule has 0 saturated carbocycles. The van der Waals surface area contributed by atoms with E-state index in [4.69, 9.17) is 22.7 Å². The molecule has 0 radical (unpaired) electrons. The number of halogens is 1. The fourth-order valence-corrected chi connectivity index (χ4v) is 1.63. The number of aryl methyl sites for hydroxylation is 1. The van der Waals surface area contributed by atoms with Crippen molar-refractivity contribution in [1.82, 2.24) is 19.7 Å². The van der Waals surface area contributed by atoms with Gasteiger partial charge in [0.1, 0.15) is 12.2 Å². The summed E-state index contributed by atoms with van der Waals surface area (Å²) in [7, 11) is 0. The van der Waals surface area contributed by atoms with Gasteiger partial charge in [-0.05, 0) is 13.8 Å². The summed E-state index contributed by atoms with van der Waals surface area (Å²) in [4.78, 5) is 7.94. The third kappa shape index (κ3) is 1.87. The number of hydrogen-bond acceptors (Lipinski definition) is 4. The van der Waals surface area contributed by atoms with Crippen molar-refractivity contribution >= 4 is 17.4 Å². The van der Waals surface area contributed by atoms with Gasteiger partial charge in [-0.15, -0.1) is 0 Å². The van der Waals surface area contributed by atoms with Crippen molar-refractivity contribution in [2.45, 2.75) is 13.8 Å². The quantitative estimate of drug-likeness (QED) is 0.619. The molecular formula is C10H11ClN6. The maximum atomic E-state index is 7.48. The first-order chi connectivity index (χ1) is 8.02. The highest BCUT2D eigenvalue weighted by Gasteiger charge is 2.15. The molecule has 6 nitrogen and oxygen atoms in total. The second-order valence-electron chi connectivity index (χ2n) is 3.57. The Morgan fingerprint density at radius 1 is 1.47 bits per heavy atom. The van der Waals surface area contributed by atoms with Crippen LogP contribution in [0.1, 0.15) is 17.0 Å². The molecule has 3 N–H and O–H groups in total. The van der Waals surface area contributed by atoms with Gasteiger partial charge in [-0.1, -0.05) is 11.6 Å². The number of nitrogens with two attached hydrogens (primary N) is 1. The summed E-state index contributed by atoms with van der Waals surface area (Å²) in [5, 5.41) is 12.3. The predicted octanol–water partition coefficient (Wildman–Crippen LogP) is 1.22. The van der Waals surface area contributed by atoms with Crippen molar-refractivity contribution in [2.75, 3.05) is 0 Å². The average Bonchev–Trinajstić information content (AvgIpc) is 2.57. The van der Waals surface area contributed by atoms with Crippen molar-refractivity contribution in [1.29, 1.82) is 5.41 Å². The van der Waals surface area contributed by atoms with Gasteiger partial charge < -0.3 is 5.73 Å². The van der Waals surface area contributed by atoms with Gasteiger partial charge in [-0.3, -0.25) is 5.41 Å². The minimum Gasteiger partial charge on any atom is -0.384 e. The Balaban J connectivity index is 2.68. The molecular weight excluding hydrogens is 240 g/mol. The second-order valence-corrected chi connectivity index (χ2v) is 3.95. The second kappa shape index (κ2) is 4.14. The van der Waals surface area contributed by atoms with Crippen LogP contribution < -0.4 is 5.73 Å². The van der Waals surface area contributed by atoms with Gasteiger partial charge in [-0.25, -0.2) is 14.6 Å². The molecule has 2 rings (SSSR count). The van der Waals surface area contributed by atoms with Crippen molar-refractivity contribution in [3.8, 4) is 5.82 Å². The third-order valence-corrected chi connectivity index (χ3v) is 2.93. The molecule has 88 valence electrons. The van der Waals surface area contributed by atoms with Crippen LogP contribution in [-0.4, -0.2) is 25.6 Å². The van der Waals surface area contributed by atoms with Crippen molar-refractivity contribution < 1.29 is 0 Å². The summed E-state index contributed by atoms with van der Waals surface area (Å²) in [6.07, 6.45) is 2.86. The van der Waals surface area contributed by atoms with Gasteiger partial charge in [-0.2, -0.15) is 5.10 Å². The molecule has 2 aromatic heterocycles. The molecule has 0 amide bonds. The van der Waals surface area contributed by atoms with Crippen LogP contribution >= 0.6 is 11.6 Å². The van der Waals surface area contributed by atoms with Gasteiger partial charge in [0.2, 0.25) is 0 Å². The van der Waals surface area contributed by atoms with E-state index in [1.165, 1.54) is 12.5 Å². The van der Waals surface area contributed by atoms with E-state index in [1.807, 2.05) is 6.92 Å². The zero-order chi connectivity index (χ0) is 12.6. The van der Waals surface area contributed by atoms with E-state index in [9.17, 15) is 0 Å². The lowest BCUT2D eigenvalue weighted by molar-refractivity contribution is 0.798. The Morgan fingerprint density at radius 3 is 2.71 bits per heavy atom. The lowest BCUT2D eigenvalue weighted by Crippen LogP contribution is -2.17. The molecule has 0 spiro atoms. The number of nitrogens with zero attached hydrogens (tertiary/aromatic N) is 4. The maximum absolute atomic E-state index is 7.48. The Morgan fingerprint density at radius 2 is 2.18 bits per heavy atom. The minimum absolute atomic E-state index is 0.107. The Labute approximate surface area is 103 Å². The lowest BCUT2D eigenvalue weighted by Gasteiger charge is -2.07. The SMILES string of the molecule is Cc1nn(-c2ncncc2C(=N)N)c(C)c1Cl. The summed E-state index contributed by atoms with van der Waals surface area (Å²) < 4.78 is 1.57. The van der Waals surface area contributed by atoms with Crippen LogP contribution in [0.25, 0.3) is 5.82 Å². The largest absolute Gasteiger partial charge is 0.384 e. The van der Waals surface area contributed by atoms with E-state index in [0.29, 0.717) is 22.1 Å². The average molecular weight is 251 g/mol. The Kier molecular flexibility index (Phi) is 2.81. The van der Waals surface area contributed by atoms with Crippen molar-refractivity contribution in [3.05, 3.63) is 34.5 Å². The number of rotatable bonds is 2. The van der Waals surface area contributed by atoms with Crippen LogP contribution in [0.4, 0.5) is 0 Å². The predicted molar refractivity (Wildman–Crippen MR) is 64.7 cm³/mol. The number of amidine groups is 1. The van der Waals surface area contributed by atoms with Gasteiger partial charge in [0.15, 0.2) is 5.82 Å². The first-order valence-electron chi connectivity index (χ1n) is 4.89. The summed E-state index contributed by atoms with van der Waals surface area (Å²) in [6.45, 7) is 3.63. The fraction of sp³-hybridized carbons (Fsp3) is 0.200. The molecule has 0 aliphatic rings. The molecule has 0 aromatic carbocycles. The van der Waals surface area contributed by atoms with Crippen LogP contribution in [0, 0.1) is 19.3 Å². The fourth-order valence-electron chi connectivity index (χ4n) is 1.51. The molecule has 0 atom stereocenters. The van der Waals surface area contributed by atoms with Gasteiger partial charge >= 0.3 is 0 Å². The molecule has 17 heavy (non-hydrogen) atoms. The molecule has 0 unspecified atom stereocenters. The lowest BCUT2D eigenvalue weighted by atomic mass is 10.3. The third-order valence-electron chi connectivity index (χ3n) is 2.39. The monoisotopic (exact) mass is 250 g/mol.